The Bertz CT molecular complexity index is 526. The lowest BCUT2D eigenvalue weighted by Crippen LogP contribution is -2.51. The standard InChI is InChI=1S/C18H25NO2/c1-12-7-13(11-17(8-12)21-3)18(20)14-9-15-5-4-6-16(10-14)19(15)2/h7-8,11,14-16H,4-6,9-10H2,1-3H3. The molecule has 1 aromatic carbocycles. The molecule has 1 aromatic rings. The van der Waals surface area contributed by atoms with E-state index in [4.69, 9.17) is 4.74 Å². The third-order valence-electron chi connectivity index (χ3n) is 5.28. The summed E-state index contributed by atoms with van der Waals surface area (Å²) in [5.41, 5.74) is 1.91. The van der Waals surface area contributed by atoms with Crippen molar-refractivity contribution in [2.24, 2.45) is 5.92 Å². The second-order valence-electron chi connectivity index (χ2n) is 6.68. The van der Waals surface area contributed by atoms with E-state index >= 15 is 0 Å². The molecular formula is C18H25NO2. The van der Waals surface area contributed by atoms with Crippen LogP contribution in [0.1, 0.15) is 48.0 Å². The molecule has 0 aromatic heterocycles. The Morgan fingerprint density at radius 3 is 2.48 bits per heavy atom. The molecule has 114 valence electrons. The Morgan fingerprint density at radius 2 is 1.86 bits per heavy atom. The molecule has 0 saturated carbocycles. The first-order chi connectivity index (χ1) is 10.1. The Morgan fingerprint density at radius 1 is 1.19 bits per heavy atom. The maximum Gasteiger partial charge on any atom is 0.166 e. The summed E-state index contributed by atoms with van der Waals surface area (Å²) in [4.78, 5) is 15.4. The minimum atomic E-state index is 0.183. The Labute approximate surface area is 127 Å². The van der Waals surface area contributed by atoms with Crippen molar-refractivity contribution in [3.05, 3.63) is 29.3 Å². The maximum atomic E-state index is 12.9. The third kappa shape index (κ3) is 2.84. The molecule has 3 nitrogen and oxygen atoms in total. The fourth-order valence-corrected chi connectivity index (χ4v) is 4.07. The number of ketones is 1. The molecular weight excluding hydrogens is 262 g/mol. The Kier molecular flexibility index (Phi) is 4.03. The van der Waals surface area contributed by atoms with E-state index in [0.717, 1.165) is 29.7 Å². The van der Waals surface area contributed by atoms with Crippen LogP contribution in [0, 0.1) is 12.8 Å². The molecule has 2 saturated heterocycles. The van der Waals surface area contributed by atoms with Gasteiger partial charge >= 0.3 is 0 Å². The molecule has 0 amide bonds. The first kappa shape index (κ1) is 14.6. The molecule has 2 heterocycles. The zero-order chi connectivity index (χ0) is 15.0. The summed E-state index contributed by atoms with van der Waals surface area (Å²) < 4.78 is 5.30. The summed E-state index contributed by atoms with van der Waals surface area (Å²) in [6.45, 7) is 2.02. The lowest BCUT2D eigenvalue weighted by atomic mass is 9.76. The van der Waals surface area contributed by atoms with Crippen LogP contribution in [0.5, 0.6) is 5.75 Å². The van der Waals surface area contributed by atoms with Crippen LogP contribution in [-0.4, -0.2) is 36.9 Å². The van der Waals surface area contributed by atoms with Crippen LogP contribution >= 0.6 is 0 Å². The van der Waals surface area contributed by atoms with Crippen LogP contribution in [-0.2, 0) is 0 Å². The number of hydrogen-bond donors (Lipinski definition) is 0. The van der Waals surface area contributed by atoms with Gasteiger partial charge in [0, 0.05) is 23.6 Å². The van der Waals surface area contributed by atoms with Crippen LogP contribution in [0.3, 0.4) is 0 Å². The van der Waals surface area contributed by atoms with Crippen molar-refractivity contribution in [3.8, 4) is 5.75 Å². The molecule has 2 bridgehead atoms. The average molecular weight is 287 g/mol. The number of hydrogen-bond acceptors (Lipinski definition) is 3. The summed E-state index contributed by atoms with van der Waals surface area (Å²) >= 11 is 0. The van der Waals surface area contributed by atoms with Crippen molar-refractivity contribution in [1.82, 2.24) is 4.90 Å². The molecule has 0 N–H and O–H groups in total. The molecule has 2 aliphatic heterocycles. The Hall–Kier alpha value is -1.35. The molecule has 21 heavy (non-hydrogen) atoms. The van der Waals surface area contributed by atoms with E-state index in [0.29, 0.717) is 17.9 Å². The van der Waals surface area contributed by atoms with Gasteiger partial charge in [-0.05, 0) is 63.4 Å². The third-order valence-corrected chi connectivity index (χ3v) is 5.28. The van der Waals surface area contributed by atoms with E-state index in [1.54, 1.807) is 7.11 Å². The summed E-state index contributed by atoms with van der Waals surface area (Å²) in [5, 5.41) is 0. The quantitative estimate of drug-likeness (QED) is 0.798. The van der Waals surface area contributed by atoms with E-state index in [-0.39, 0.29) is 5.92 Å². The van der Waals surface area contributed by atoms with Crippen LogP contribution < -0.4 is 4.74 Å². The van der Waals surface area contributed by atoms with Gasteiger partial charge in [0.2, 0.25) is 0 Å². The lowest BCUT2D eigenvalue weighted by Gasteiger charge is -2.46. The fraction of sp³-hybridized carbons (Fsp3) is 0.611. The van der Waals surface area contributed by atoms with E-state index in [1.165, 1.54) is 19.3 Å². The highest BCUT2D eigenvalue weighted by molar-refractivity contribution is 5.98. The predicted molar refractivity (Wildman–Crippen MR) is 84.0 cm³/mol. The van der Waals surface area contributed by atoms with Crippen LogP contribution in [0.2, 0.25) is 0 Å². The largest absolute Gasteiger partial charge is 0.497 e. The maximum absolute atomic E-state index is 12.9. The monoisotopic (exact) mass is 287 g/mol. The van der Waals surface area contributed by atoms with Gasteiger partial charge in [0.05, 0.1) is 7.11 Å². The normalized spacial score (nSPS) is 29.2. The van der Waals surface area contributed by atoms with Crippen molar-refractivity contribution in [2.45, 2.75) is 51.1 Å². The number of piperidine rings is 2. The number of fused-ring (bicyclic) bond motifs is 2. The topological polar surface area (TPSA) is 29.5 Å². The smallest absolute Gasteiger partial charge is 0.166 e. The zero-order valence-electron chi connectivity index (χ0n) is 13.3. The van der Waals surface area contributed by atoms with Crippen molar-refractivity contribution in [1.29, 1.82) is 0 Å². The van der Waals surface area contributed by atoms with Crippen molar-refractivity contribution in [2.75, 3.05) is 14.2 Å². The second kappa shape index (κ2) is 5.80. The van der Waals surface area contributed by atoms with Gasteiger partial charge < -0.3 is 9.64 Å². The summed E-state index contributed by atoms with van der Waals surface area (Å²) in [5.74, 6) is 1.27. The fourth-order valence-electron chi connectivity index (χ4n) is 4.07. The molecule has 2 fully saturated rings. The van der Waals surface area contributed by atoms with Crippen LogP contribution in [0.25, 0.3) is 0 Å². The number of Topliss-reactive ketones (excluding diaryl/α,β-unsaturated/α-hetero) is 1. The van der Waals surface area contributed by atoms with E-state index in [9.17, 15) is 4.79 Å². The SMILES string of the molecule is COc1cc(C)cc(C(=O)C2CC3CCCC(C2)N3C)c1. The lowest BCUT2D eigenvalue weighted by molar-refractivity contribution is 0.0338. The zero-order valence-corrected chi connectivity index (χ0v) is 13.3. The second-order valence-corrected chi connectivity index (χ2v) is 6.68. The van der Waals surface area contributed by atoms with Gasteiger partial charge in [-0.2, -0.15) is 0 Å². The minimum absolute atomic E-state index is 0.183. The summed E-state index contributed by atoms with van der Waals surface area (Å²) in [6, 6.07) is 7.05. The van der Waals surface area contributed by atoms with E-state index in [1.807, 2.05) is 25.1 Å². The molecule has 3 heteroatoms. The van der Waals surface area contributed by atoms with Gasteiger partial charge in [0.15, 0.2) is 5.78 Å². The average Bonchev–Trinajstić information content (AvgIpc) is 2.45. The van der Waals surface area contributed by atoms with Gasteiger partial charge in [-0.1, -0.05) is 6.42 Å². The highest BCUT2D eigenvalue weighted by atomic mass is 16.5. The van der Waals surface area contributed by atoms with Gasteiger partial charge in [-0.15, -0.1) is 0 Å². The number of benzene rings is 1. The van der Waals surface area contributed by atoms with Gasteiger partial charge in [0.25, 0.3) is 0 Å². The highest BCUT2D eigenvalue weighted by Crippen LogP contribution is 2.37. The van der Waals surface area contributed by atoms with Crippen molar-refractivity contribution < 1.29 is 9.53 Å². The van der Waals surface area contributed by atoms with Crippen molar-refractivity contribution in [3.63, 3.8) is 0 Å². The number of ether oxygens (including phenoxy) is 1. The molecule has 2 aliphatic rings. The van der Waals surface area contributed by atoms with Crippen LogP contribution in [0.4, 0.5) is 0 Å². The van der Waals surface area contributed by atoms with E-state index in [2.05, 4.69) is 11.9 Å². The number of carbonyl (C=O) groups excluding carboxylic acids is 1. The number of nitrogens with zero attached hydrogens (tertiary/aromatic N) is 1. The molecule has 2 atom stereocenters. The van der Waals surface area contributed by atoms with E-state index < -0.39 is 0 Å². The molecule has 3 rings (SSSR count). The molecule has 0 radical (unpaired) electrons. The first-order valence-electron chi connectivity index (χ1n) is 8.00. The van der Waals surface area contributed by atoms with Gasteiger partial charge in [-0.25, -0.2) is 0 Å². The number of aryl methyl sites for hydroxylation is 1. The van der Waals surface area contributed by atoms with Crippen molar-refractivity contribution >= 4 is 5.78 Å². The number of rotatable bonds is 3. The molecule has 2 unspecified atom stereocenters. The van der Waals surface area contributed by atoms with Gasteiger partial charge in [0.1, 0.15) is 5.75 Å². The first-order valence-corrected chi connectivity index (χ1v) is 8.00. The molecule has 0 aliphatic carbocycles. The summed E-state index contributed by atoms with van der Waals surface area (Å²) in [6.07, 6.45) is 5.84. The highest BCUT2D eigenvalue weighted by Gasteiger charge is 2.38. The number of carbonyl (C=O) groups is 1. The van der Waals surface area contributed by atoms with Crippen LogP contribution in [0.15, 0.2) is 18.2 Å². The molecule has 0 spiro atoms. The minimum Gasteiger partial charge on any atom is -0.497 e. The Balaban J connectivity index is 1.81. The summed E-state index contributed by atoms with van der Waals surface area (Å²) in [7, 11) is 3.88. The number of methoxy groups -OCH3 is 1. The predicted octanol–water partition coefficient (Wildman–Crippen LogP) is 3.45. The van der Waals surface area contributed by atoms with Gasteiger partial charge in [-0.3, -0.25) is 4.79 Å².